The summed E-state index contributed by atoms with van der Waals surface area (Å²) in [5.41, 5.74) is 1.63. The minimum Gasteiger partial charge on any atom is -0.478 e. The second-order valence-electron chi connectivity index (χ2n) is 5.05. The summed E-state index contributed by atoms with van der Waals surface area (Å²) in [5.74, 6) is -1.43. The van der Waals surface area contributed by atoms with Crippen molar-refractivity contribution in [1.82, 2.24) is 5.32 Å². The summed E-state index contributed by atoms with van der Waals surface area (Å²) in [6.45, 7) is 0.449. The molecule has 5 heteroatoms. The summed E-state index contributed by atoms with van der Waals surface area (Å²) in [7, 11) is 0. The quantitative estimate of drug-likeness (QED) is 0.912. The molecule has 1 aliphatic rings. The van der Waals surface area contributed by atoms with E-state index in [2.05, 4.69) is 11.4 Å². The molecule has 108 valence electrons. The lowest BCUT2D eigenvalue weighted by atomic mass is 10.1. The number of carbonyl (C=O) groups excluding carboxylic acids is 1. The molecular formula is C16H15NO3S. The predicted molar refractivity (Wildman–Crippen MR) is 80.9 cm³/mol. The molecule has 1 aromatic carbocycles. The molecule has 0 bridgehead atoms. The van der Waals surface area contributed by atoms with Gasteiger partial charge in [-0.3, -0.25) is 4.79 Å². The molecule has 0 saturated carbocycles. The first-order valence-corrected chi connectivity index (χ1v) is 7.68. The van der Waals surface area contributed by atoms with E-state index in [9.17, 15) is 9.59 Å². The van der Waals surface area contributed by atoms with Crippen LogP contribution in [-0.2, 0) is 19.4 Å². The van der Waals surface area contributed by atoms with Gasteiger partial charge in [0.05, 0.1) is 17.7 Å². The van der Waals surface area contributed by atoms with Gasteiger partial charge in [0.2, 0.25) is 0 Å². The van der Waals surface area contributed by atoms with Crippen LogP contribution >= 0.6 is 11.3 Å². The van der Waals surface area contributed by atoms with Gasteiger partial charge >= 0.3 is 5.97 Å². The van der Waals surface area contributed by atoms with E-state index in [1.807, 2.05) is 0 Å². The first-order valence-electron chi connectivity index (χ1n) is 6.86. The van der Waals surface area contributed by atoms with E-state index in [-0.39, 0.29) is 17.0 Å². The Hall–Kier alpha value is -2.14. The number of rotatable bonds is 4. The van der Waals surface area contributed by atoms with E-state index in [4.69, 9.17) is 5.11 Å². The second-order valence-corrected chi connectivity index (χ2v) is 6.27. The van der Waals surface area contributed by atoms with E-state index in [0.29, 0.717) is 6.54 Å². The highest BCUT2D eigenvalue weighted by Gasteiger charge is 2.17. The SMILES string of the molecule is O=C(O)c1ccccc1C(=O)NCc1cc2c(s1)CCC2. The highest BCUT2D eigenvalue weighted by molar-refractivity contribution is 7.12. The zero-order valence-electron chi connectivity index (χ0n) is 11.4. The van der Waals surface area contributed by atoms with Gasteiger partial charge in [-0.2, -0.15) is 0 Å². The Morgan fingerprint density at radius 1 is 1.19 bits per heavy atom. The van der Waals surface area contributed by atoms with Crippen LogP contribution in [0.4, 0.5) is 0 Å². The zero-order chi connectivity index (χ0) is 14.8. The second kappa shape index (κ2) is 5.69. The molecule has 2 N–H and O–H groups in total. The molecule has 3 rings (SSSR count). The lowest BCUT2D eigenvalue weighted by molar-refractivity contribution is 0.0691. The third kappa shape index (κ3) is 2.83. The molecule has 1 aromatic heterocycles. The zero-order valence-corrected chi connectivity index (χ0v) is 12.2. The van der Waals surface area contributed by atoms with Crippen LogP contribution in [0, 0.1) is 0 Å². The Bertz CT molecular complexity index is 684. The third-order valence-electron chi connectivity index (χ3n) is 3.62. The largest absolute Gasteiger partial charge is 0.478 e. The summed E-state index contributed by atoms with van der Waals surface area (Å²) in [6, 6.07) is 8.41. The van der Waals surface area contributed by atoms with E-state index in [1.54, 1.807) is 23.5 Å². The van der Waals surface area contributed by atoms with Gasteiger partial charge in [0.1, 0.15) is 0 Å². The molecule has 2 aromatic rings. The Morgan fingerprint density at radius 3 is 2.67 bits per heavy atom. The lowest BCUT2D eigenvalue weighted by Crippen LogP contribution is -2.24. The van der Waals surface area contributed by atoms with Crippen LogP contribution in [0.3, 0.4) is 0 Å². The third-order valence-corrected chi connectivity index (χ3v) is 4.86. The van der Waals surface area contributed by atoms with E-state index in [0.717, 1.165) is 17.7 Å². The fraction of sp³-hybridized carbons (Fsp3) is 0.250. The van der Waals surface area contributed by atoms with E-state index >= 15 is 0 Å². The number of carbonyl (C=O) groups is 2. The molecule has 0 atom stereocenters. The van der Waals surface area contributed by atoms with E-state index in [1.165, 1.54) is 29.0 Å². The maximum atomic E-state index is 12.1. The maximum Gasteiger partial charge on any atom is 0.336 e. The maximum absolute atomic E-state index is 12.1. The number of fused-ring (bicyclic) bond motifs is 1. The number of aromatic carboxylic acids is 1. The standard InChI is InChI=1S/C16H15NO3S/c18-15(12-5-1-2-6-13(12)16(19)20)17-9-11-8-10-4-3-7-14(10)21-11/h1-2,5-6,8H,3-4,7,9H2,(H,17,18)(H,19,20). The van der Waals surface area contributed by atoms with Crippen molar-refractivity contribution >= 4 is 23.2 Å². The Morgan fingerprint density at radius 2 is 1.95 bits per heavy atom. The number of benzene rings is 1. The predicted octanol–water partition coefficient (Wildman–Crippen LogP) is 2.87. The smallest absolute Gasteiger partial charge is 0.336 e. The normalized spacial score (nSPS) is 13.0. The van der Waals surface area contributed by atoms with Crippen LogP contribution in [0.25, 0.3) is 0 Å². The fourth-order valence-corrected chi connectivity index (χ4v) is 3.81. The number of amides is 1. The molecule has 4 nitrogen and oxygen atoms in total. The van der Waals surface area contributed by atoms with Crippen molar-refractivity contribution in [2.45, 2.75) is 25.8 Å². The highest BCUT2D eigenvalue weighted by Crippen LogP contribution is 2.30. The molecule has 1 amide bonds. The van der Waals surface area contributed by atoms with Gasteiger partial charge < -0.3 is 10.4 Å². The minimum absolute atomic E-state index is 0.0312. The average molecular weight is 301 g/mol. The number of hydrogen-bond acceptors (Lipinski definition) is 3. The van der Waals surface area contributed by atoms with Gasteiger partial charge in [-0.25, -0.2) is 4.79 Å². The van der Waals surface area contributed by atoms with Crippen molar-refractivity contribution in [3.8, 4) is 0 Å². The summed E-state index contributed by atoms with van der Waals surface area (Å²) < 4.78 is 0. The summed E-state index contributed by atoms with van der Waals surface area (Å²) in [6.07, 6.45) is 3.48. The van der Waals surface area contributed by atoms with Crippen molar-refractivity contribution < 1.29 is 14.7 Å². The van der Waals surface area contributed by atoms with Crippen molar-refractivity contribution in [3.05, 3.63) is 56.8 Å². The summed E-state index contributed by atoms with van der Waals surface area (Å²) >= 11 is 1.74. The molecule has 0 spiro atoms. The van der Waals surface area contributed by atoms with Gasteiger partial charge in [0, 0.05) is 9.75 Å². The molecule has 0 radical (unpaired) electrons. The van der Waals surface area contributed by atoms with Crippen molar-refractivity contribution in [2.75, 3.05) is 0 Å². The van der Waals surface area contributed by atoms with Gasteiger partial charge in [0.25, 0.3) is 5.91 Å². The molecule has 0 unspecified atom stereocenters. The average Bonchev–Trinajstić information content (AvgIpc) is 3.05. The number of carboxylic acids is 1. The van der Waals surface area contributed by atoms with Crippen LogP contribution < -0.4 is 5.32 Å². The van der Waals surface area contributed by atoms with Crippen LogP contribution in [-0.4, -0.2) is 17.0 Å². The molecule has 21 heavy (non-hydrogen) atoms. The molecular weight excluding hydrogens is 286 g/mol. The Labute approximate surface area is 126 Å². The molecule has 0 fully saturated rings. The van der Waals surface area contributed by atoms with Gasteiger partial charge in [-0.05, 0) is 43.0 Å². The first kappa shape index (κ1) is 13.8. The minimum atomic E-state index is -1.09. The van der Waals surface area contributed by atoms with Gasteiger partial charge in [-0.1, -0.05) is 12.1 Å². The number of nitrogens with one attached hydrogen (secondary N) is 1. The monoisotopic (exact) mass is 301 g/mol. The van der Waals surface area contributed by atoms with Crippen LogP contribution in [0.15, 0.2) is 30.3 Å². The first-order chi connectivity index (χ1) is 10.1. The number of carboxylic acid groups (broad SMARTS) is 1. The molecule has 1 aliphatic carbocycles. The van der Waals surface area contributed by atoms with Gasteiger partial charge in [0.15, 0.2) is 0 Å². The number of hydrogen-bond donors (Lipinski definition) is 2. The van der Waals surface area contributed by atoms with Crippen molar-refractivity contribution in [2.24, 2.45) is 0 Å². The Kier molecular flexibility index (Phi) is 3.75. The lowest BCUT2D eigenvalue weighted by Gasteiger charge is -2.06. The molecule has 0 saturated heterocycles. The fourth-order valence-electron chi connectivity index (χ4n) is 2.61. The highest BCUT2D eigenvalue weighted by atomic mass is 32.1. The van der Waals surface area contributed by atoms with Crippen molar-refractivity contribution in [3.63, 3.8) is 0 Å². The summed E-state index contributed by atoms with van der Waals surface area (Å²) in [5, 5.41) is 11.9. The van der Waals surface area contributed by atoms with Crippen LogP contribution in [0.2, 0.25) is 0 Å². The summed E-state index contributed by atoms with van der Waals surface area (Å²) in [4.78, 5) is 25.8. The van der Waals surface area contributed by atoms with Crippen LogP contribution in [0.5, 0.6) is 0 Å². The molecule has 1 heterocycles. The Balaban J connectivity index is 1.70. The number of thiophene rings is 1. The van der Waals surface area contributed by atoms with Crippen molar-refractivity contribution in [1.29, 1.82) is 0 Å². The topological polar surface area (TPSA) is 66.4 Å². The molecule has 0 aliphatic heterocycles. The van der Waals surface area contributed by atoms with Crippen LogP contribution in [0.1, 0.15) is 42.5 Å². The number of aryl methyl sites for hydroxylation is 2. The van der Waals surface area contributed by atoms with E-state index < -0.39 is 5.97 Å². The van der Waals surface area contributed by atoms with Gasteiger partial charge in [-0.15, -0.1) is 11.3 Å².